The first-order chi connectivity index (χ1) is 13.9. The minimum absolute atomic E-state index is 0.0894. The van der Waals surface area contributed by atoms with Gasteiger partial charge in [-0.05, 0) is 58.1 Å². The van der Waals surface area contributed by atoms with Gasteiger partial charge in [0.1, 0.15) is 0 Å². The van der Waals surface area contributed by atoms with Crippen molar-refractivity contribution in [3.63, 3.8) is 0 Å². The molecule has 1 fully saturated rings. The molecule has 8 heteroatoms. The van der Waals surface area contributed by atoms with Gasteiger partial charge in [-0.15, -0.1) is 0 Å². The number of carbonyl (C=O) groups excluding carboxylic acids is 1. The van der Waals surface area contributed by atoms with Crippen LogP contribution in [0.4, 0.5) is 5.69 Å². The Hall–Kier alpha value is -1.74. The zero-order valence-electron chi connectivity index (χ0n) is 16.6. The van der Waals surface area contributed by atoms with E-state index in [0.717, 1.165) is 29.7 Å². The molecule has 0 bridgehead atoms. The van der Waals surface area contributed by atoms with E-state index in [1.54, 1.807) is 12.1 Å². The Balaban J connectivity index is 1.93. The van der Waals surface area contributed by atoms with Crippen LogP contribution in [0.15, 0.2) is 45.8 Å². The fourth-order valence-electron chi connectivity index (χ4n) is 3.36. The van der Waals surface area contributed by atoms with Crippen LogP contribution in [0.5, 0.6) is 0 Å². The van der Waals surface area contributed by atoms with E-state index in [1.807, 2.05) is 32.0 Å². The maximum absolute atomic E-state index is 13.1. The number of hydrogen-bond donors (Lipinski definition) is 1. The van der Waals surface area contributed by atoms with Crippen molar-refractivity contribution in [2.75, 3.05) is 31.6 Å². The van der Waals surface area contributed by atoms with Crippen LogP contribution in [0, 0.1) is 0 Å². The van der Waals surface area contributed by atoms with Gasteiger partial charge in [-0.3, -0.25) is 4.79 Å². The summed E-state index contributed by atoms with van der Waals surface area (Å²) in [4.78, 5) is 13.1. The molecule has 0 aromatic heterocycles. The molecule has 1 aliphatic rings. The lowest BCUT2D eigenvalue weighted by atomic mass is 10.0. The number of benzene rings is 2. The molecule has 29 heavy (non-hydrogen) atoms. The second-order valence-corrected chi connectivity index (χ2v) is 9.53. The quantitative estimate of drug-likeness (QED) is 0.680. The normalized spacial score (nSPS) is 15.3. The smallest absolute Gasteiger partial charge is 0.255 e. The number of ether oxygens (including phenoxy) is 1. The lowest BCUT2D eigenvalue weighted by Gasteiger charge is -2.26. The average Bonchev–Trinajstić information content (AvgIpc) is 2.74. The van der Waals surface area contributed by atoms with Crippen LogP contribution in [0.3, 0.4) is 0 Å². The van der Waals surface area contributed by atoms with Crippen LogP contribution in [-0.2, 0) is 27.6 Å². The van der Waals surface area contributed by atoms with Gasteiger partial charge in [0.15, 0.2) is 0 Å². The van der Waals surface area contributed by atoms with Crippen molar-refractivity contribution < 1.29 is 17.9 Å². The second-order valence-electron chi connectivity index (χ2n) is 6.77. The van der Waals surface area contributed by atoms with E-state index >= 15 is 0 Å². The summed E-state index contributed by atoms with van der Waals surface area (Å²) in [5.41, 5.74) is 3.21. The van der Waals surface area contributed by atoms with Crippen molar-refractivity contribution in [3.8, 4) is 0 Å². The van der Waals surface area contributed by atoms with Gasteiger partial charge in [-0.1, -0.05) is 32.0 Å². The Kier molecular flexibility index (Phi) is 7.10. The topological polar surface area (TPSA) is 75.7 Å². The van der Waals surface area contributed by atoms with Crippen molar-refractivity contribution in [2.24, 2.45) is 0 Å². The fraction of sp³-hybridized carbons (Fsp3) is 0.381. The summed E-state index contributed by atoms with van der Waals surface area (Å²) in [7, 11) is -3.72. The highest BCUT2D eigenvalue weighted by atomic mass is 79.9. The third kappa shape index (κ3) is 4.71. The molecular weight excluding hydrogens is 456 g/mol. The van der Waals surface area contributed by atoms with Gasteiger partial charge in [0, 0.05) is 28.8 Å². The van der Waals surface area contributed by atoms with E-state index in [4.69, 9.17) is 4.74 Å². The Morgan fingerprint density at radius 3 is 2.31 bits per heavy atom. The predicted molar refractivity (Wildman–Crippen MR) is 117 cm³/mol. The van der Waals surface area contributed by atoms with Crippen LogP contribution in [0.1, 0.15) is 35.3 Å². The van der Waals surface area contributed by atoms with E-state index in [2.05, 4.69) is 21.2 Å². The van der Waals surface area contributed by atoms with Crippen molar-refractivity contribution in [1.29, 1.82) is 0 Å². The number of halogens is 1. The van der Waals surface area contributed by atoms with E-state index in [1.165, 1.54) is 10.4 Å². The molecule has 0 spiro atoms. The average molecular weight is 481 g/mol. The highest BCUT2D eigenvalue weighted by Crippen LogP contribution is 2.28. The Labute approximate surface area is 180 Å². The van der Waals surface area contributed by atoms with Gasteiger partial charge < -0.3 is 10.1 Å². The minimum Gasteiger partial charge on any atom is -0.379 e. The van der Waals surface area contributed by atoms with Crippen LogP contribution < -0.4 is 5.32 Å². The van der Waals surface area contributed by atoms with E-state index in [0.29, 0.717) is 36.3 Å². The third-order valence-electron chi connectivity index (χ3n) is 5.02. The number of hydrogen-bond acceptors (Lipinski definition) is 4. The Morgan fingerprint density at radius 2 is 1.72 bits per heavy atom. The molecule has 0 saturated carbocycles. The standard InChI is InChI=1S/C21H25BrN2O4S/c1-3-15-6-5-7-16(4-2)20(15)23-21(25)17-8-9-18(22)19(14-17)29(26,27)24-10-12-28-13-11-24/h5-9,14H,3-4,10-13H2,1-2H3,(H,23,25). The fourth-order valence-corrected chi connectivity index (χ4v) is 5.72. The largest absolute Gasteiger partial charge is 0.379 e. The zero-order valence-corrected chi connectivity index (χ0v) is 19.0. The second kappa shape index (κ2) is 9.38. The molecule has 0 radical (unpaired) electrons. The first kappa shape index (κ1) is 22.0. The van der Waals surface area contributed by atoms with Crippen LogP contribution in [-0.4, -0.2) is 44.9 Å². The maximum atomic E-state index is 13.1. The molecule has 0 atom stereocenters. The van der Waals surface area contributed by atoms with Gasteiger partial charge >= 0.3 is 0 Å². The number of morpholine rings is 1. The summed E-state index contributed by atoms with van der Waals surface area (Å²) in [6, 6.07) is 10.6. The summed E-state index contributed by atoms with van der Waals surface area (Å²) in [5, 5.41) is 2.99. The molecule has 1 saturated heterocycles. The number of nitrogens with one attached hydrogen (secondary N) is 1. The predicted octanol–water partition coefficient (Wildman–Crippen LogP) is 3.85. The monoisotopic (exact) mass is 480 g/mol. The zero-order chi connectivity index (χ0) is 21.0. The molecule has 2 aromatic rings. The van der Waals surface area contributed by atoms with Gasteiger partial charge in [0.2, 0.25) is 10.0 Å². The van der Waals surface area contributed by atoms with E-state index < -0.39 is 10.0 Å². The maximum Gasteiger partial charge on any atom is 0.255 e. The molecule has 1 N–H and O–H groups in total. The Morgan fingerprint density at radius 1 is 1.10 bits per heavy atom. The summed E-state index contributed by atoms with van der Waals surface area (Å²) in [5.74, 6) is -0.327. The summed E-state index contributed by atoms with van der Waals surface area (Å²) in [6.07, 6.45) is 1.58. The molecule has 0 unspecified atom stereocenters. The van der Waals surface area contributed by atoms with Crippen LogP contribution in [0.25, 0.3) is 0 Å². The third-order valence-corrected chi connectivity index (χ3v) is 7.91. The number of carbonyl (C=O) groups is 1. The lowest BCUT2D eigenvalue weighted by Crippen LogP contribution is -2.40. The number of sulfonamides is 1. The molecular formula is C21H25BrN2O4S. The molecule has 2 aromatic carbocycles. The molecule has 1 amide bonds. The number of amides is 1. The molecule has 6 nitrogen and oxygen atoms in total. The van der Waals surface area contributed by atoms with E-state index in [9.17, 15) is 13.2 Å². The van der Waals surface area contributed by atoms with Gasteiger partial charge in [-0.25, -0.2) is 8.42 Å². The number of nitrogens with zero attached hydrogens (tertiary/aromatic N) is 1. The minimum atomic E-state index is -3.72. The molecule has 156 valence electrons. The molecule has 0 aliphatic carbocycles. The van der Waals surface area contributed by atoms with Crippen molar-refractivity contribution in [1.82, 2.24) is 4.31 Å². The van der Waals surface area contributed by atoms with Crippen LogP contribution in [0.2, 0.25) is 0 Å². The number of para-hydroxylation sites is 1. The number of aryl methyl sites for hydroxylation is 2. The SMILES string of the molecule is CCc1cccc(CC)c1NC(=O)c1ccc(Br)c(S(=O)(=O)N2CCOCC2)c1. The highest BCUT2D eigenvalue weighted by Gasteiger charge is 2.29. The summed E-state index contributed by atoms with van der Waals surface area (Å²) >= 11 is 3.33. The van der Waals surface area contributed by atoms with E-state index in [-0.39, 0.29) is 10.8 Å². The van der Waals surface area contributed by atoms with Crippen LogP contribution >= 0.6 is 15.9 Å². The summed E-state index contributed by atoms with van der Waals surface area (Å²) < 4.78 is 33.2. The van der Waals surface area contributed by atoms with Gasteiger partial charge in [0.25, 0.3) is 5.91 Å². The Bertz CT molecular complexity index is 979. The first-order valence-corrected chi connectivity index (χ1v) is 11.9. The molecule has 3 rings (SSSR count). The van der Waals surface area contributed by atoms with Crippen molar-refractivity contribution in [3.05, 3.63) is 57.6 Å². The molecule has 1 aliphatic heterocycles. The summed E-state index contributed by atoms with van der Waals surface area (Å²) in [6.45, 7) is 5.41. The van der Waals surface area contributed by atoms with Gasteiger partial charge in [0.05, 0.1) is 18.1 Å². The van der Waals surface area contributed by atoms with Crippen molar-refractivity contribution in [2.45, 2.75) is 31.6 Å². The number of rotatable bonds is 6. The number of anilines is 1. The van der Waals surface area contributed by atoms with Gasteiger partial charge in [-0.2, -0.15) is 4.31 Å². The molecule has 1 heterocycles. The lowest BCUT2D eigenvalue weighted by molar-refractivity contribution is 0.0730. The van der Waals surface area contributed by atoms with Crippen molar-refractivity contribution >= 4 is 37.5 Å². The highest BCUT2D eigenvalue weighted by molar-refractivity contribution is 9.10. The first-order valence-electron chi connectivity index (χ1n) is 9.68.